The first kappa shape index (κ1) is 16.6. The summed E-state index contributed by atoms with van der Waals surface area (Å²) in [5.74, 6) is -0.0325. The highest BCUT2D eigenvalue weighted by Gasteiger charge is 2.18. The molecule has 118 valence electrons. The number of hydrogen-bond donors (Lipinski definition) is 1. The van der Waals surface area contributed by atoms with E-state index in [1.54, 1.807) is 47.9 Å². The molecule has 0 saturated carbocycles. The number of aromatic nitrogens is 2. The molecule has 0 spiro atoms. The van der Waals surface area contributed by atoms with Gasteiger partial charge in [-0.25, -0.2) is 0 Å². The SMILES string of the molecule is CC(Nc1ccc(Cl)cc1Cl)C(=O)N(C)Cc1cnn(C)c1. The van der Waals surface area contributed by atoms with Gasteiger partial charge in [0.15, 0.2) is 0 Å². The maximum Gasteiger partial charge on any atom is 0.244 e. The van der Waals surface area contributed by atoms with Crippen molar-refractivity contribution in [1.29, 1.82) is 0 Å². The third kappa shape index (κ3) is 4.15. The fraction of sp³-hybridized carbons (Fsp3) is 0.333. The quantitative estimate of drug-likeness (QED) is 0.909. The standard InChI is InChI=1S/C15H18Cl2N4O/c1-10(19-14-5-4-12(16)6-13(14)17)15(22)20(2)8-11-7-18-21(3)9-11/h4-7,9-10,19H,8H2,1-3H3. The number of hydrogen-bond acceptors (Lipinski definition) is 3. The van der Waals surface area contributed by atoms with Crippen molar-refractivity contribution in [1.82, 2.24) is 14.7 Å². The van der Waals surface area contributed by atoms with Gasteiger partial charge in [0.2, 0.25) is 5.91 Å². The highest BCUT2D eigenvalue weighted by Crippen LogP contribution is 2.26. The van der Waals surface area contributed by atoms with E-state index in [0.29, 0.717) is 22.3 Å². The van der Waals surface area contributed by atoms with Gasteiger partial charge in [0.25, 0.3) is 0 Å². The summed E-state index contributed by atoms with van der Waals surface area (Å²) in [5.41, 5.74) is 1.66. The number of likely N-dealkylation sites (N-methyl/N-ethyl adjacent to an activating group) is 1. The van der Waals surface area contributed by atoms with E-state index in [-0.39, 0.29) is 5.91 Å². The zero-order chi connectivity index (χ0) is 16.3. The van der Waals surface area contributed by atoms with Crippen LogP contribution in [-0.4, -0.2) is 33.7 Å². The molecule has 1 unspecified atom stereocenters. The first-order valence-corrected chi connectivity index (χ1v) is 7.56. The Bertz CT molecular complexity index is 671. The van der Waals surface area contributed by atoms with Crippen molar-refractivity contribution in [3.05, 3.63) is 46.2 Å². The predicted molar refractivity (Wildman–Crippen MR) is 89.2 cm³/mol. The number of benzene rings is 1. The Labute approximate surface area is 139 Å². The molecule has 1 N–H and O–H groups in total. The second kappa shape index (κ2) is 7.03. The zero-order valence-corrected chi connectivity index (χ0v) is 14.2. The molecule has 0 radical (unpaired) electrons. The summed E-state index contributed by atoms with van der Waals surface area (Å²) in [6.45, 7) is 2.31. The van der Waals surface area contributed by atoms with Gasteiger partial charge >= 0.3 is 0 Å². The zero-order valence-electron chi connectivity index (χ0n) is 12.7. The van der Waals surface area contributed by atoms with Crippen LogP contribution in [-0.2, 0) is 18.4 Å². The summed E-state index contributed by atoms with van der Waals surface area (Å²) < 4.78 is 1.71. The van der Waals surface area contributed by atoms with Gasteiger partial charge in [0.1, 0.15) is 6.04 Å². The van der Waals surface area contributed by atoms with E-state index in [1.165, 1.54) is 0 Å². The lowest BCUT2D eigenvalue weighted by atomic mass is 10.2. The van der Waals surface area contributed by atoms with E-state index in [4.69, 9.17) is 23.2 Å². The van der Waals surface area contributed by atoms with Crippen molar-refractivity contribution in [2.24, 2.45) is 7.05 Å². The van der Waals surface area contributed by atoms with Crippen LogP contribution in [0.1, 0.15) is 12.5 Å². The minimum atomic E-state index is -0.402. The predicted octanol–water partition coefficient (Wildman–Crippen LogP) is 3.19. The number of nitrogens with one attached hydrogen (secondary N) is 1. The van der Waals surface area contributed by atoms with Crippen molar-refractivity contribution < 1.29 is 4.79 Å². The molecule has 5 nitrogen and oxygen atoms in total. The number of carbonyl (C=O) groups is 1. The molecule has 2 rings (SSSR count). The highest BCUT2D eigenvalue weighted by atomic mass is 35.5. The van der Waals surface area contributed by atoms with Gasteiger partial charge in [0, 0.05) is 37.4 Å². The Kier molecular flexibility index (Phi) is 5.32. The molecule has 1 aromatic heterocycles. The van der Waals surface area contributed by atoms with Gasteiger partial charge in [-0.2, -0.15) is 5.10 Å². The molecule has 7 heteroatoms. The van der Waals surface area contributed by atoms with Crippen LogP contribution in [0, 0.1) is 0 Å². The number of halogens is 2. The van der Waals surface area contributed by atoms with E-state index in [2.05, 4.69) is 10.4 Å². The normalized spacial score (nSPS) is 12.0. The molecule has 0 aliphatic heterocycles. The largest absolute Gasteiger partial charge is 0.373 e. The topological polar surface area (TPSA) is 50.2 Å². The maximum absolute atomic E-state index is 12.4. The maximum atomic E-state index is 12.4. The second-order valence-electron chi connectivity index (χ2n) is 5.21. The van der Waals surface area contributed by atoms with E-state index >= 15 is 0 Å². The van der Waals surface area contributed by atoms with Crippen LogP contribution in [0.25, 0.3) is 0 Å². The van der Waals surface area contributed by atoms with Crippen LogP contribution in [0.3, 0.4) is 0 Å². The van der Waals surface area contributed by atoms with Crippen molar-refractivity contribution in [2.45, 2.75) is 19.5 Å². The molecular weight excluding hydrogens is 323 g/mol. The minimum absolute atomic E-state index is 0.0325. The minimum Gasteiger partial charge on any atom is -0.373 e. The molecule has 0 saturated heterocycles. The third-order valence-electron chi connectivity index (χ3n) is 3.23. The second-order valence-corrected chi connectivity index (χ2v) is 6.05. The van der Waals surface area contributed by atoms with Gasteiger partial charge in [-0.1, -0.05) is 23.2 Å². The Hall–Kier alpha value is -1.72. The molecule has 1 atom stereocenters. The Morgan fingerprint density at radius 3 is 2.77 bits per heavy atom. The average Bonchev–Trinajstić information content (AvgIpc) is 2.86. The number of anilines is 1. The average molecular weight is 341 g/mol. The monoisotopic (exact) mass is 340 g/mol. The lowest BCUT2D eigenvalue weighted by molar-refractivity contribution is -0.130. The summed E-state index contributed by atoms with van der Waals surface area (Å²) in [4.78, 5) is 14.1. The number of rotatable bonds is 5. The van der Waals surface area contributed by atoms with E-state index in [0.717, 1.165) is 5.56 Å². The summed E-state index contributed by atoms with van der Waals surface area (Å²) in [5, 5.41) is 8.25. The van der Waals surface area contributed by atoms with Gasteiger partial charge in [-0.15, -0.1) is 0 Å². The molecule has 0 fully saturated rings. The van der Waals surface area contributed by atoms with Gasteiger partial charge in [0.05, 0.1) is 16.9 Å². The molecule has 22 heavy (non-hydrogen) atoms. The number of nitrogens with zero attached hydrogens (tertiary/aromatic N) is 3. The Balaban J connectivity index is 1.98. The summed E-state index contributed by atoms with van der Waals surface area (Å²) in [6.07, 6.45) is 3.63. The van der Waals surface area contributed by atoms with E-state index in [9.17, 15) is 4.79 Å². The molecule has 1 amide bonds. The fourth-order valence-electron chi connectivity index (χ4n) is 2.14. The molecular formula is C15H18Cl2N4O. The van der Waals surface area contributed by atoms with E-state index < -0.39 is 6.04 Å². The molecule has 1 aromatic carbocycles. The third-order valence-corrected chi connectivity index (χ3v) is 3.78. The Morgan fingerprint density at radius 2 is 2.18 bits per heavy atom. The van der Waals surface area contributed by atoms with Gasteiger partial charge in [-0.3, -0.25) is 9.48 Å². The van der Waals surface area contributed by atoms with Crippen LogP contribution >= 0.6 is 23.2 Å². The van der Waals surface area contributed by atoms with Crippen LogP contribution < -0.4 is 5.32 Å². The molecule has 0 aliphatic carbocycles. The number of carbonyl (C=O) groups excluding carboxylic acids is 1. The summed E-state index contributed by atoms with van der Waals surface area (Å²) in [7, 11) is 3.61. The van der Waals surface area contributed by atoms with Crippen LogP contribution in [0.5, 0.6) is 0 Å². The number of aryl methyl sites for hydroxylation is 1. The van der Waals surface area contributed by atoms with Crippen LogP contribution in [0.4, 0.5) is 5.69 Å². The van der Waals surface area contributed by atoms with Crippen molar-refractivity contribution in [3.8, 4) is 0 Å². The van der Waals surface area contributed by atoms with Crippen molar-refractivity contribution in [3.63, 3.8) is 0 Å². The van der Waals surface area contributed by atoms with Crippen molar-refractivity contribution >= 4 is 34.8 Å². The van der Waals surface area contributed by atoms with Crippen molar-refractivity contribution in [2.75, 3.05) is 12.4 Å². The fourth-order valence-corrected chi connectivity index (χ4v) is 2.60. The molecule has 2 aromatic rings. The first-order chi connectivity index (χ1) is 10.4. The summed E-state index contributed by atoms with van der Waals surface area (Å²) >= 11 is 12.0. The molecule has 0 aliphatic rings. The highest BCUT2D eigenvalue weighted by molar-refractivity contribution is 6.36. The van der Waals surface area contributed by atoms with Gasteiger partial charge in [-0.05, 0) is 25.1 Å². The first-order valence-electron chi connectivity index (χ1n) is 6.81. The number of amides is 1. The smallest absolute Gasteiger partial charge is 0.244 e. The van der Waals surface area contributed by atoms with Crippen LogP contribution in [0.15, 0.2) is 30.6 Å². The molecule has 1 heterocycles. The Morgan fingerprint density at radius 1 is 1.45 bits per heavy atom. The van der Waals surface area contributed by atoms with Gasteiger partial charge < -0.3 is 10.2 Å². The lowest BCUT2D eigenvalue weighted by Crippen LogP contribution is -2.38. The lowest BCUT2D eigenvalue weighted by Gasteiger charge is -2.22. The van der Waals surface area contributed by atoms with E-state index in [1.807, 2.05) is 13.2 Å². The summed E-state index contributed by atoms with van der Waals surface area (Å²) in [6, 6.07) is 4.73. The van der Waals surface area contributed by atoms with Crippen LogP contribution in [0.2, 0.25) is 10.0 Å². The molecule has 0 bridgehead atoms.